The first-order valence-electron chi connectivity index (χ1n) is 4.29. The van der Waals surface area contributed by atoms with Gasteiger partial charge in [-0.25, -0.2) is 4.98 Å². The first-order chi connectivity index (χ1) is 6.61. The van der Waals surface area contributed by atoms with Gasteiger partial charge in [0.25, 0.3) is 0 Å². The third-order valence-electron chi connectivity index (χ3n) is 2.29. The molecule has 0 fully saturated rings. The summed E-state index contributed by atoms with van der Waals surface area (Å²) in [5.41, 5.74) is 0. The quantitative estimate of drug-likeness (QED) is 0.728. The van der Waals surface area contributed by atoms with Crippen molar-refractivity contribution in [2.24, 2.45) is 0 Å². The Morgan fingerprint density at radius 2 is 2.29 bits per heavy atom. The SMILES string of the molecule is CN1C(=O)CCCn2c1nc(Br)c2Cl. The van der Waals surface area contributed by atoms with Gasteiger partial charge in [-0.15, -0.1) is 0 Å². The van der Waals surface area contributed by atoms with Crippen molar-refractivity contribution in [1.29, 1.82) is 0 Å². The number of rotatable bonds is 0. The molecule has 1 aromatic heterocycles. The van der Waals surface area contributed by atoms with E-state index in [0.717, 1.165) is 13.0 Å². The van der Waals surface area contributed by atoms with Crippen molar-refractivity contribution >= 4 is 39.4 Å². The Labute approximate surface area is 95.0 Å². The van der Waals surface area contributed by atoms with Gasteiger partial charge in [-0.3, -0.25) is 14.3 Å². The van der Waals surface area contributed by atoms with E-state index in [1.807, 2.05) is 4.57 Å². The number of carbonyl (C=O) groups excluding carboxylic acids is 1. The van der Waals surface area contributed by atoms with Crippen molar-refractivity contribution in [2.75, 3.05) is 11.9 Å². The number of nitrogens with zero attached hydrogens (tertiary/aromatic N) is 3. The summed E-state index contributed by atoms with van der Waals surface area (Å²) in [5.74, 6) is 0.697. The number of halogens is 2. The summed E-state index contributed by atoms with van der Waals surface area (Å²) < 4.78 is 2.44. The van der Waals surface area contributed by atoms with E-state index in [2.05, 4.69) is 20.9 Å². The number of fused-ring (bicyclic) bond motifs is 1. The highest BCUT2D eigenvalue weighted by Gasteiger charge is 2.23. The van der Waals surface area contributed by atoms with Crippen LogP contribution >= 0.6 is 27.5 Å². The monoisotopic (exact) mass is 277 g/mol. The van der Waals surface area contributed by atoms with Crippen LogP contribution in [0.15, 0.2) is 4.60 Å². The topological polar surface area (TPSA) is 38.1 Å². The molecule has 2 heterocycles. The molecule has 0 radical (unpaired) electrons. The highest BCUT2D eigenvalue weighted by molar-refractivity contribution is 9.10. The van der Waals surface area contributed by atoms with Gasteiger partial charge in [-0.2, -0.15) is 0 Å². The second-order valence-electron chi connectivity index (χ2n) is 3.20. The van der Waals surface area contributed by atoms with Crippen LogP contribution in [0.25, 0.3) is 0 Å². The number of hydrogen-bond acceptors (Lipinski definition) is 2. The molecule has 14 heavy (non-hydrogen) atoms. The Morgan fingerprint density at radius 3 is 3.00 bits per heavy atom. The lowest BCUT2D eigenvalue weighted by Crippen LogP contribution is -2.26. The highest BCUT2D eigenvalue weighted by atomic mass is 79.9. The maximum atomic E-state index is 11.5. The molecule has 0 bridgehead atoms. The fourth-order valence-electron chi connectivity index (χ4n) is 1.52. The van der Waals surface area contributed by atoms with Crippen molar-refractivity contribution < 1.29 is 4.79 Å². The predicted octanol–water partition coefficient (Wildman–Crippen LogP) is 2.06. The molecule has 0 saturated carbocycles. The molecule has 0 aliphatic carbocycles. The molecule has 1 aliphatic heterocycles. The average molecular weight is 279 g/mol. The molecule has 76 valence electrons. The lowest BCUT2D eigenvalue weighted by Gasteiger charge is -2.13. The van der Waals surface area contributed by atoms with Gasteiger partial charge in [0.1, 0.15) is 9.76 Å². The smallest absolute Gasteiger partial charge is 0.229 e. The number of carbonyl (C=O) groups is 1. The number of anilines is 1. The predicted molar refractivity (Wildman–Crippen MR) is 57.6 cm³/mol. The molecule has 6 heteroatoms. The molecule has 1 aliphatic rings. The molecule has 0 N–H and O–H groups in total. The van der Waals surface area contributed by atoms with E-state index in [1.165, 1.54) is 0 Å². The Kier molecular flexibility index (Phi) is 2.53. The Morgan fingerprint density at radius 1 is 1.57 bits per heavy atom. The largest absolute Gasteiger partial charge is 0.300 e. The Hall–Kier alpha value is -0.550. The molecule has 0 saturated heterocycles. The van der Waals surface area contributed by atoms with E-state index in [1.54, 1.807) is 11.9 Å². The van der Waals surface area contributed by atoms with Gasteiger partial charge < -0.3 is 0 Å². The lowest BCUT2D eigenvalue weighted by molar-refractivity contribution is -0.118. The number of aromatic nitrogens is 2. The summed E-state index contributed by atoms with van der Waals surface area (Å²) in [5, 5.41) is 0.557. The molecule has 0 unspecified atom stereocenters. The second kappa shape index (κ2) is 3.55. The molecule has 0 spiro atoms. The minimum absolute atomic E-state index is 0.0814. The van der Waals surface area contributed by atoms with Crippen LogP contribution in [-0.2, 0) is 11.3 Å². The van der Waals surface area contributed by atoms with Gasteiger partial charge in [0, 0.05) is 20.0 Å². The standard InChI is InChI=1S/C8H9BrClN3O/c1-12-5(14)3-2-4-13-7(10)6(9)11-8(12)13/h2-4H2,1H3. The zero-order chi connectivity index (χ0) is 10.3. The molecule has 0 atom stereocenters. The van der Waals surface area contributed by atoms with Gasteiger partial charge in [0.2, 0.25) is 11.9 Å². The van der Waals surface area contributed by atoms with Crippen LogP contribution in [0.2, 0.25) is 5.15 Å². The molecular weight excluding hydrogens is 269 g/mol. The van der Waals surface area contributed by atoms with Crippen LogP contribution in [0, 0.1) is 0 Å². The van der Waals surface area contributed by atoms with E-state index < -0.39 is 0 Å². The molecule has 4 nitrogen and oxygen atoms in total. The minimum atomic E-state index is 0.0814. The number of imidazole rings is 1. The first kappa shape index (κ1) is 9.98. The van der Waals surface area contributed by atoms with Crippen molar-refractivity contribution in [3.63, 3.8) is 0 Å². The van der Waals surface area contributed by atoms with E-state index in [0.29, 0.717) is 22.1 Å². The van der Waals surface area contributed by atoms with Gasteiger partial charge in [0.05, 0.1) is 0 Å². The van der Waals surface area contributed by atoms with Crippen LogP contribution in [0.5, 0.6) is 0 Å². The van der Waals surface area contributed by atoms with Gasteiger partial charge in [-0.1, -0.05) is 11.6 Å². The van der Waals surface area contributed by atoms with E-state index in [4.69, 9.17) is 11.6 Å². The number of amides is 1. The fraction of sp³-hybridized carbons (Fsp3) is 0.500. The number of hydrogen-bond donors (Lipinski definition) is 0. The maximum absolute atomic E-state index is 11.5. The van der Waals surface area contributed by atoms with Crippen LogP contribution in [0.1, 0.15) is 12.8 Å². The summed E-state index contributed by atoms with van der Waals surface area (Å²) in [6.45, 7) is 0.739. The molecular formula is C8H9BrClN3O. The average Bonchev–Trinajstić information content (AvgIpc) is 2.35. The van der Waals surface area contributed by atoms with E-state index in [-0.39, 0.29) is 5.91 Å². The molecule has 2 rings (SSSR count). The van der Waals surface area contributed by atoms with Crippen molar-refractivity contribution in [3.05, 3.63) is 9.76 Å². The van der Waals surface area contributed by atoms with Crippen LogP contribution in [0.4, 0.5) is 5.95 Å². The van der Waals surface area contributed by atoms with Crippen LogP contribution in [-0.4, -0.2) is 22.5 Å². The minimum Gasteiger partial charge on any atom is -0.300 e. The summed E-state index contributed by atoms with van der Waals surface area (Å²) >= 11 is 9.28. The molecule has 1 amide bonds. The second-order valence-corrected chi connectivity index (χ2v) is 4.31. The van der Waals surface area contributed by atoms with Crippen LogP contribution in [0.3, 0.4) is 0 Å². The Bertz CT molecular complexity index is 390. The maximum Gasteiger partial charge on any atom is 0.229 e. The van der Waals surface area contributed by atoms with Gasteiger partial charge in [-0.05, 0) is 22.4 Å². The lowest BCUT2D eigenvalue weighted by atomic mass is 10.3. The summed E-state index contributed by atoms with van der Waals surface area (Å²) in [6.07, 6.45) is 1.35. The van der Waals surface area contributed by atoms with Crippen molar-refractivity contribution in [2.45, 2.75) is 19.4 Å². The highest BCUT2D eigenvalue weighted by Crippen LogP contribution is 2.30. The fourth-order valence-corrected chi connectivity index (χ4v) is 2.09. The van der Waals surface area contributed by atoms with Gasteiger partial charge in [0.15, 0.2) is 0 Å². The first-order valence-corrected chi connectivity index (χ1v) is 5.46. The summed E-state index contributed by atoms with van der Waals surface area (Å²) in [6, 6.07) is 0. The molecule has 1 aromatic rings. The molecule has 0 aromatic carbocycles. The van der Waals surface area contributed by atoms with Crippen molar-refractivity contribution in [1.82, 2.24) is 9.55 Å². The zero-order valence-corrected chi connectivity index (χ0v) is 9.97. The van der Waals surface area contributed by atoms with Gasteiger partial charge >= 0.3 is 0 Å². The van der Waals surface area contributed by atoms with E-state index in [9.17, 15) is 4.79 Å². The summed E-state index contributed by atoms with van der Waals surface area (Å²) in [7, 11) is 1.72. The summed E-state index contributed by atoms with van der Waals surface area (Å²) in [4.78, 5) is 17.3. The van der Waals surface area contributed by atoms with Crippen LogP contribution < -0.4 is 4.90 Å². The third kappa shape index (κ3) is 1.44. The van der Waals surface area contributed by atoms with Crippen molar-refractivity contribution in [3.8, 4) is 0 Å². The van der Waals surface area contributed by atoms with E-state index >= 15 is 0 Å². The third-order valence-corrected chi connectivity index (χ3v) is 3.46. The Balaban J connectivity index is 2.53. The normalized spacial score (nSPS) is 16.8. The zero-order valence-electron chi connectivity index (χ0n) is 7.63.